The Morgan fingerprint density at radius 2 is 1.95 bits per heavy atom. The minimum absolute atomic E-state index is 0.000124. The molecule has 22 heavy (non-hydrogen) atoms. The fourth-order valence-electron chi connectivity index (χ4n) is 2.46. The van der Waals surface area contributed by atoms with Crippen LogP contribution in [0.2, 0.25) is 0 Å². The highest BCUT2D eigenvalue weighted by atomic mass is 127. The fraction of sp³-hybridized carbons (Fsp3) is 0.375. The molecule has 0 atom stereocenters. The molecule has 3 rings (SSSR count). The van der Waals surface area contributed by atoms with Crippen LogP contribution in [0.25, 0.3) is 17.0 Å². The topological polar surface area (TPSA) is 44.9 Å². The normalized spacial score (nSPS) is 12.2. The van der Waals surface area contributed by atoms with Gasteiger partial charge in [-0.1, -0.05) is 32.9 Å². The van der Waals surface area contributed by atoms with Gasteiger partial charge < -0.3 is 4.74 Å². The van der Waals surface area contributed by atoms with E-state index in [2.05, 4.69) is 43.4 Å². The third-order valence-corrected chi connectivity index (χ3v) is 4.27. The molecule has 0 bridgehead atoms. The monoisotopic (exact) mass is 410 g/mol. The van der Waals surface area contributed by atoms with E-state index in [-0.39, 0.29) is 5.41 Å². The smallest absolute Gasteiger partial charge is 0.233 e. The zero-order chi connectivity index (χ0) is 15.9. The first-order valence-corrected chi connectivity index (χ1v) is 8.20. The van der Waals surface area contributed by atoms with Gasteiger partial charge in [0.15, 0.2) is 0 Å². The number of para-hydroxylation sites is 2. The van der Waals surface area contributed by atoms with Crippen molar-refractivity contribution in [2.75, 3.05) is 7.11 Å². The maximum Gasteiger partial charge on any atom is 0.233 e. The molecule has 0 fully saturated rings. The van der Waals surface area contributed by atoms with Gasteiger partial charge in [0.05, 0.1) is 20.3 Å². The van der Waals surface area contributed by atoms with E-state index in [1.165, 1.54) is 0 Å². The van der Waals surface area contributed by atoms with Gasteiger partial charge in [-0.15, -0.1) is 0 Å². The van der Waals surface area contributed by atoms with Crippen molar-refractivity contribution in [3.05, 3.63) is 39.7 Å². The van der Waals surface area contributed by atoms with E-state index in [9.17, 15) is 0 Å². The van der Waals surface area contributed by atoms with E-state index in [0.717, 1.165) is 26.2 Å². The molecule has 0 spiro atoms. The number of hydrogen-bond acceptors (Lipinski definition) is 3. The second-order valence-corrected chi connectivity index (χ2v) is 7.43. The van der Waals surface area contributed by atoms with Crippen molar-refractivity contribution in [1.82, 2.24) is 19.3 Å². The van der Waals surface area contributed by atoms with E-state index in [1.807, 2.05) is 39.7 Å². The lowest BCUT2D eigenvalue weighted by Crippen LogP contribution is -2.15. The zero-order valence-corrected chi connectivity index (χ0v) is 15.3. The zero-order valence-electron chi connectivity index (χ0n) is 13.2. The summed E-state index contributed by atoms with van der Waals surface area (Å²) in [5, 5.41) is 4.76. The molecule has 0 unspecified atom stereocenters. The van der Waals surface area contributed by atoms with Gasteiger partial charge >= 0.3 is 0 Å². The average molecular weight is 410 g/mol. The first kappa shape index (κ1) is 15.5. The Labute approximate surface area is 143 Å². The van der Waals surface area contributed by atoms with Gasteiger partial charge in [-0.2, -0.15) is 5.10 Å². The summed E-state index contributed by atoms with van der Waals surface area (Å²) < 4.78 is 10.4. The maximum absolute atomic E-state index is 5.34. The van der Waals surface area contributed by atoms with Crippen LogP contribution in [0.15, 0.2) is 30.5 Å². The summed E-state index contributed by atoms with van der Waals surface area (Å²) in [5.74, 6) is 0.775. The van der Waals surface area contributed by atoms with E-state index in [0.29, 0.717) is 6.73 Å². The second-order valence-electron chi connectivity index (χ2n) is 6.27. The van der Waals surface area contributed by atoms with Crippen LogP contribution in [0.3, 0.4) is 0 Å². The molecule has 2 aromatic heterocycles. The first-order valence-electron chi connectivity index (χ1n) is 7.12. The van der Waals surface area contributed by atoms with Gasteiger partial charge in [0, 0.05) is 18.7 Å². The summed E-state index contributed by atoms with van der Waals surface area (Å²) in [7, 11) is 1.69. The van der Waals surface area contributed by atoms with Gasteiger partial charge in [0.1, 0.15) is 6.73 Å². The van der Waals surface area contributed by atoms with Crippen LogP contribution in [0.1, 0.15) is 26.5 Å². The van der Waals surface area contributed by atoms with Crippen LogP contribution in [0, 0.1) is 3.57 Å². The maximum atomic E-state index is 5.34. The van der Waals surface area contributed by atoms with E-state index in [4.69, 9.17) is 14.8 Å². The predicted octanol–water partition coefficient (Wildman–Crippen LogP) is 3.73. The van der Waals surface area contributed by atoms with E-state index < -0.39 is 0 Å². The number of nitrogens with zero attached hydrogens (tertiary/aromatic N) is 4. The highest BCUT2D eigenvalue weighted by Gasteiger charge is 2.23. The van der Waals surface area contributed by atoms with Gasteiger partial charge in [-0.05, 0) is 34.7 Å². The summed E-state index contributed by atoms with van der Waals surface area (Å²) in [6.07, 6.45) is 2.02. The molecule has 3 aromatic rings. The quantitative estimate of drug-likeness (QED) is 0.619. The average Bonchev–Trinajstić information content (AvgIpc) is 3.00. The summed E-state index contributed by atoms with van der Waals surface area (Å²) in [5.41, 5.74) is 3.06. The van der Waals surface area contributed by atoms with Crippen molar-refractivity contribution < 1.29 is 4.74 Å². The largest absolute Gasteiger partial charge is 0.364 e. The van der Waals surface area contributed by atoms with Crippen molar-refractivity contribution in [1.29, 1.82) is 0 Å². The van der Waals surface area contributed by atoms with Crippen molar-refractivity contribution >= 4 is 33.6 Å². The molecular formula is C16H19IN4O. The van der Waals surface area contributed by atoms with Crippen LogP contribution in [-0.2, 0) is 16.9 Å². The lowest BCUT2D eigenvalue weighted by atomic mass is 9.93. The Balaban J connectivity index is 2.20. The Morgan fingerprint density at radius 3 is 2.59 bits per heavy atom. The van der Waals surface area contributed by atoms with Gasteiger partial charge in [0.25, 0.3) is 0 Å². The van der Waals surface area contributed by atoms with Crippen LogP contribution in [0.5, 0.6) is 0 Å². The van der Waals surface area contributed by atoms with E-state index in [1.54, 1.807) is 7.11 Å². The fourth-order valence-corrected chi connectivity index (χ4v) is 3.64. The number of fused-ring (bicyclic) bond motifs is 1. The highest BCUT2D eigenvalue weighted by Crippen LogP contribution is 2.27. The van der Waals surface area contributed by atoms with Gasteiger partial charge in [-0.3, -0.25) is 4.57 Å². The number of hydrogen-bond donors (Lipinski definition) is 0. The molecule has 0 radical (unpaired) electrons. The molecule has 0 aliphatic carbocycles. The van der Waals surface area contributed by atoms with Crippen molar-refractivity contribution in [3.63, 3.8) is 0 Å². The number of rotatable bonds is 3. The molecule has 5 nitrogen and oxygen atoms in total. The molecule has 0 N–H and O–H groups in total. The number of ether oxygens (including phenoxy) is 1. The molecule has 2 heterocycles. The number of methoxy groups -OCH3 is 1. The van der Waals surface area contributed by atoms with Crippen molar-refractivity contribution in [2.24, 2.45) is 0 Å². The second kappa shape index (κ2) is 5.66. The molecule has 6 heteroatoms. The van der Waals surface area contributed by atoms with Gasteiger partial charge in [0.2, 0.25) is 5.95 Å². The number of benzene rings is 1. The van der Waals surface area contributed by atoms with Crippen LogP contribution >= 0.6 is 22.6 Å². The Kier molecular flexibility index (Phi) is 3.98. The number of imidazole rings is 1. The Bertz CT molecular complexity index is 813. The Morgan fingerprint density at radius 1 is 1.23 bits per heavy atom. The van der Waals surface area contributed by atoms with Crippen LogP contribution in [0.4, 0.5) is 0 Å². The summed E-state index contributed by atoms with van der Waals surface area (Å²) in [4.78, 5) is 4.72. The lowest BCUT2D eigenvalue weighted by molar-refractivity contribution is 0.133. The van der Waals surface area contributed by atoms with Crippen molar-refractivity contribution in [3.8, 4) is 5.95 Å². The third kappa shape index (κ3) is 2.65. The minimum atomic E-state index is -0.000124. The first-order chi connectivity index (χ1) is 10.4. The standard InChI is InChI=1S/C16H19IN4O/c1-16(2,3)14-11(17)9-21(19-14)15-18-12-7-5-6-8-13(12)20(15)10-22-4/h5-9H,10H2,1-4H3. The summed E-state index contributed by atoms with van der Waals surface area (Å²) in [6, 6.07) is 8.05. The molecule has 116 valence electrons. The van der Waals surface area contributed by atoms with Gasteiger partial charge in [-0.25, -0.2) is 9.67 Å². The Hall–Kier alpha value is -1.41. The summed E-state index contributed by atoms with van der Waals surface area (Å²) >= 11 is 2.33. The van der Waals surface area contributed by atoms with Crippen LogP contribution < -0.4 is 0 Å². The molecule has 0 aliphatic heterocycles. The van der Waals surface area contributed by atoms with Crippen LogP contribution in [-0.4, -0.2) is 26.4 Å². The van der Waals surface area contributed by atoms with Crippen molar-refractivity contribution in [2.45, 2.75) is 32.9 Å². The molecule has 0 saturated heterocycles. The molecule has 0 aliphatic rings. The highest BCUT2D eigenvalue weighted by molar-refractivity contribution is 14.1. The molecule has 1 aromatic carbocycles. The molecule has 0 amide bonds. The minimum Gasteiger partial charge on any atom is -0.364 e. The predicted molar refractivity (Wildman–Crippen MR) is 95.3 cm³/mol. The summed E-state index contributed by atoms with van der Waals surface area (Å²) in [6.45, 7) is 6.94. The SMILES string of the molecule is COCn1c(-n2cc(I)c(C(C)(C)C)n2)nc2ccccc21. The molecular weight excluding hydrogens is 391 g/mol. The molecule has 0 saturated carbocycles. The lowest BCUT2D eigenvalue weighted by Gasteiger charge is -2.15. The number of halogens is 1. The number of aromatic nitrogens is 4. The van der Waals surface area contributed by atoms with E-state index >= 15 is 0 Å². The third-order valence-electron chi connectivity index (χ3n) is 3.48.